The van der Waals surface area contributed by atoms with Crippen molar-refractivity contribution in [3.05, 3.63) is 75.5 Å². The molecule has 0 saturated carbocycles. The zero-order chi connectivity index (χ0) is 17.6. The number of imidazole rings is 2. The smallest absolute Gasteiger partial charge is 0.270 e. The molecule has 124 valence electrons. The topological polar surface area (TPSA) is 65.4 Å². The van der Waals surface area contributed by atoms with Crippen LogP contribution in [-0.4, -0.2) is 18.9 Å². The van der Waals surface area contributed by atoms with E-state index in [0.717, 1.165) is 32.8 Å². The molecular formula is C18H13BrN4O2. The zero-order valence-corrected chi connectivity index (χ0v) is 14.8. The van der Waals surface area contributed by atoms with E-state index in [2.05, 4.69) is 15.9 Å². The number of nitrogens with zero attached hydrogens (tertiary/aromatic N) is 4. The molecule has 0 aliphatic rings. The number of aryl methyl sites for hydroxylation is 1. The summed E-state index contributed by atoms with van der Waals surface area (Å²) in [5.41, 5.74) is 3.64. The van der Waals surface area contributed by atoms with Gasteiger partial charge in [-0.2, -0.15) is 0 Å². The molecule has 25 heavy (non-hydrogen) atoms. The summed E-state index contributed by atoms with van der Waals surface area (Å²) in [7, 11) is 1.90. The molecule has 0 aliphatic heterocycles. The van der Waals surface area contributed by atoms with Crippen LogP contribution >= 0.6 is 15.9 Å². The Bertz CT molecular complexity index is 1100. The molecule has 0 atom stereocenters. The molecule has 0 spiro atoms. The van der Waals surface area contributed by atoms with Gasteiger partial charge in [0.2, 0.25) is 5.78 Å². The first-order chi connectivity index (χ1) is 12.0. The van der Waals surface area contributed by atoms with Gasteiger partial charge in [-0.1, -0.05) is 40.2 Å². The molecule has 0 radical (unpaired) electrons. The van der Waals surface area contributed by atoms with Crippen LogP contribution in [0.5, 0.6) is 0 Å². The predicted molar refractivity (Wildman–Crippen MR) is 99.4 cm³/mol. The molecule has 0 amide bonds. The first kappa shape index (κ1) is 15.6. The Labute approximate surface area is 151 Å². The highest BCUT2D eigenvalue weighted by Gasteiger charge is 2.14. The Morgan fingerprint density at radius 3 is 2.52 bits per heavy atom. The van der Waals surface area contributed by atoms with E-state index in [1.807, 2.05) is 58.7 Å². The number of non-ortho nitro benzene ring substituents is 1. The summed E-state index contributed by atoms with van der Waals surface area (Å²) in [5.74, 6) is 0.777. The highest BCUT2D eigenvalue weighted by atomic mass is 79.9. The van der Waals surface area contributed by atoms with Gasteiger partial charge in [-0.15, -0.1) is 0 Å². The first-order valence-electron chi connectivity index (χ1n) is 7.58. The van der Waals surface area contributed by atoms with Crippen molar-refractivity contribution in [2.24, 2.45) is 7.05 Å². The fraction of sp³-hybridized carbons (Fsp3) is 0.0556. The number of benzene rings is 2. The predicted octanol–water partition coefficient (Wildman–Crippen LogP) is 4.68. The number of hydrogen-bond donors (Lipinski definition) is 0. The van der Waals surface area contributed by atoms with E-state index in [1.165, 1.54) is 6.07 Å². The van der Waals surface area contributed by atoms with Crippen molar-refractivity contribution in [1.82, 2.24) is 14.0 Å². The van der Waals surface area contributed by atoms with Crippen molar-refractivity contribution < 1.29 is 4.92 Å². The van der Waals surface area contributed by atoms with E-state index in [-0.39, 0.29) is 10.6 Å². The molecule has 2 aromatic heterocycles. The number of hydrogen-bond acceptors (Lipinski definition) is 3. The lowest BCUT2D eigenvalue weighted by Crippen LogP contribution is -1.94. The third-order valence-electron chi connectivity index (χ3n) is 4.13. The Balaban J connectivity index is 1.79. The molecule has 4 aromatic rings. The molecule has 2 aromatic carbocycles. The molecule has 6 nitrogen and oxygen atoms in total. The van der Waals surface area contributed by atoms with Crippen molar-refractivity contribution >= 4 is 27.4 Å². The van der Waals surface area contributed by atoms with Gasteiger partial charge in [-0.05, 0) is 12.1 Å². The fourth-order valence-electron chi connectivity index (χ4n) is 2.86. The highest BCUT2D eigenvalue weighted by Crippen LogP contribution is 2.28. The lowest BCUT2D eigenvalue weighted by Gasteiger charge is -2.03. The molecular weight excluding hydrogens is 384 g/mol. The number of fused-ring (bicyclic) bond motifs is 1. The highest BCUT2D eigenvalue weighted by molar-refractivity contribution is 9.10. The van der Waals surface area contributed by atoms with E-state index in [9.17, 15) is 10.1 Å². The monoisotopic (exact) mass is 396 g/mol. The molecule has 7 heteroatoms. The third kappa shape index (κ3) is 2.72. The maximum absolute atomic E-state index is 11.0. The van der Waals surface area contributed by atoms with E-state index >= 15 is 0 Å². The summed E-state index contributed by atoms with van der Waals surface area (Å²) in [6.45, 7) is 0. The lowest BCUT2D eigenvalue weighted by atomic mass is 10.1. The zero-order valence-electron chi connectivity index (χ0n) is 13.3. The lowest BCUT2D eigenvalue weighted by molar-refractivity contribution is -0.384. The minimum atomic E-state index is -0.386. The molecule has 0 saturated heterocycles. The Morgan fingerprint density at radius 1 is 1.08 bits per heavy atom. The molecule has 0 fully saturated rings. The van der Waals surface area contributed by atoms with E-state index in [0.29, 0.717) is 0 Å². The van der Waals surface area contributed by atoms with Gasteiger partial charge in [0, 0.05) is 47.2 Å². The van der Waals surface area contributed by atoms with Gasteiger partial charge in [0.05, 0.1) is 16.3 Å². The fourth-order valence-corrected chi connectivity index (χ4v) is 3.12. The van der Waals surface area contributed by atoms with Crippen molar-refractivity contribution in [3.63, 3.8) is 0 Å². The summed E-state index contributed by atoms with van der Waals surface area (Å²) in [4.78, 5) is 15.3. The van der Waals surface area contributed by atoms with Crippen molar-refractivity contribution in [2.75, 3.05) is 0 Å². The van der Waals surface area contributed by atoms with Gasteiger partial charge in [-0.3, -0.25) is 14.5 Å². The van der Waals surface area contributed by atoms with Gasteiger partial charge in [0.25, 0.3) is 5.69 Å². The van der Waals surface area contributed by atoms with E-state index < -0.39 is 0 Å². The van der Waals surface area contributed by atoms with Crippen LogP contribution in [0.1, 0.15) is 0 Å². The number of nitro benzene ring substituents is 1. The maximum atomic E-state index is 11.0. The van der Waals surface area contributed by atoms with Crippen LogP contribution in [0.15, 0.2) is 65.4 Å². The van der Waals surface area contributed by atoms with Gasteiger partial charge >= 0.3 is 0 Å². The minimum Gasteiger partial charge on any atom is -0.313 e. The molecule has 2 heterocycles. The van der Waals surface area contributed by atoms with Crippen LogP contribution in [0.25, 0.3) is 28.3 Å². The van der Waals surface area contributed by atoms with E-state index in [4.69, 9.17) is 4.98 Å². The molecule has 0 N–H and O–H groups in total. The summed E-state index contributed by atoms with van der Waals surface area (Å²) in [5, 5.41) is 11.0. The third-order valence-corrected chi connectivity index (χ3v) is 4.66. The van der Waals surface area contributed by atoms with Crippen LogP contribution in [0.2, 0.25) is 0 Å². The number of nitro groups is 1. The normalized spacial score (nSPS) is 11.1. The second kappa shape index (κ2) is 5.86. The second-order valence-corrected chi connectivity index (χ2v) is 6.64. The van der Waals surface area contributed by atoms with Crippen molar-refractivity contribution in [2.45, 2.75) is 0 Å². The molecule has 0 bridgehead atoms. The quantitative estimate of drug-likeness (QED) is 0.373. The summed E-state index contributed by atoms with van der Waals surface area (Å²) >= 11 is 3.43. The Hall–Kier alpha value is -2.93. The Morgan fingerprint density at radius 2 is 1.84 bits per heavy atom. The summed E-state index contributed by atoms with van der Waals surface area (Å²) in [6.07, 6.45) is 3.89. The van der Waals surface area contributed by atoms with Crippen LogP contribution in [-0.2, 0) is 7.05 Å². The number of aromatic nitrogens is 3. The standard InChI is InChI=1S/C18H13BrN4O2/c1-21-17(13-3-2-4-15(9-13)23(24)25)11-22-10-16(20-18(21)22)12-5-7-14(19)8-6-12/h2-11H,1H3. The van der Waals surface area contributed by atoms with Crippen LogP contribution in [0.3, 0.4) is 0 Å². The largest absolute Gasteiger partial charge is 0.313 e. The van der Waals surface area contributed by atoms with Gasteiger partial charge in [-0.25, -0.2) is 4.98 Å². The van der Waals surface area contributed by atoms with Crippen molar-refractivity contribution in [3.8, 4) is 22.5 Å². The second-order valence-electron chi connectivity index (χ2n) is 5.72. The number of rotatable bonds is 3. The van der Waals surface area contributed by atoms with Crippen LogP contribution < -0.4 is 0 Å². The SMILES string of the molecule is Cn1c(-c2cccc([N+](=O)[O-])c2)cn2cc(-c3ccc(Br)cc3)nc12. The van der Waals surface area contributed by atoms with Gasteiger partial charge < -0.3 is 4.57 Å². The van der Waals surface area contributed by atoms with Crippen molar-refractivity contribution in [1.29, 1.82) is 0 Å². The van der Waals surface area contributed by atoms with Crippen LogP contribution in [0, 0.1) is 10.1 Å². The molecule has 0 unspecified atom stereocenters. The van der Waals surface area contributed by atoms with E-state index in [1.54, 1.807) is 12.1 Å². The number of halogens is 1. The average molecular weight is 397 g/mol. The average Bonchev–Trinajstić information content (AvgIpc) is 3.15. The minimum absolute atomic E-state index is 0.0758. The summed E-state index contributed by atoms with van der Waals surface area (Å²) < 4.78 is 4.89. The molecule has 0 aliphatic carbocycles. The van der Waals surface area contributed by atoms with Gasteiger partial charge in [0.15, 0.2) is 0 Å². The van der Waals surface area contributed by atoms with Gasteiger partial charge in [0.1, 0.15) is 0 Å². The van der Waals surface area contributed by atoms with Crippen LogP contribution in [0.4, 0.5) is 5.69 Å². The first-order valence-corrected chi connectivity index (χ1v) is 8.37. The Kier molecular flexibility index (Phi) is 3.65. The summed E-state index contributed by atoms with van der Waals surface area (Å²) in [6, 6.07) is 14.6. The maximum Gasteiger partial charge on any atom is 0.270 e. The molecule has 4 rings (SSSR count).